The fourth-order valence-electron chi connectivity index (χ4n) is 2.99. The fraction of sp³-hybridized carbons (Fsp3) is 0.350. The SMILES string of the molecule is O=C(CSc1nc(C2CC2)n(-c2ccccc2)n1)N(Cc1ccco1)CC(F)(F)F. The highest BCUT2D eigenvalue weighted by molar-refractivity contribution is 7.99. The van der Waals surface area contributed by atoms with Crippen LogP contribution in [0.1, 0.15) is 30.3 Å². The van der Waals surface area contributed by atoms with Crippen LogP contribution in [0.25, 0.3) is 5.69 Å². The van der Waals surface area contributed by atoms with Crippen LogP contribution in [0.4, 0.5) is 13.2 Å². The molecule has 30 heavy (non-hydrogen) atoms. The third-order valence-corrected chi connectivity index (χ3v) is 5.35. The lowest BCUT2D eigenvalue weighted by Crippen LogP contribution is -2.39. The van der Waals surface area contributed by atoms with Gasteiger partial charge in [0.1, 0.15) is 18.1 Å². The summed E-state index contributed by atoms with van der Waals surface area (Å²) in [5, 5.41) is 4.85. The van der Waals surface area contributed by atoms with E-state index >= 15 is 0 Å². The zero-order chi connectivity index (χ0) is 21.1. The molecular formula is C20H19F3N4O2S. The van der Waals surface area contributed by atoms with E-state index in [1.165, 1.54) is 12.3 Å². The quantitative estimate of drug-likeness (QED) is 0.489. The van der Waals surface area contributed by atoms with Crippen molar-refractivity contribution >= 4 is 17.7 Å². The first-order valence-electron chi connectivity index (χ1n) is 9.41. The summed E-state index contributed by atoms with van der Waals surface area (Å²) in [6, 6.07) is 12.6. The topological polar surface area (TPSA) is 64.2 Å². The first kappa shape index (κ1) is 20.5. The summed E-state index contributed by atoms with van der Waals surface area (Å²) in [4.78, 5) is 17.8. The van der Waals surface area contributed by atoms with Crippen molar-refractivity contribution in [2.24, 2.45) is 0 Å². The fourth-order valence-corrected chi connectivity index (χ4v) is 3.72. The predicted molar refractivity (Wildman–Crippen MR) is 104 cm³/mol. The zero-order valence-corrected chi connectivity index (χ0v) is 16.7. The molecule has 4 rings (SSSR count). The van der Waals surface area contributed by atoms with Gasteiger partial charge in [0, 0.05) is 5.92 Å². The van der Waals surface area contributed by atoms with Crippen molar-refractivity contribution in [1.29, 1.82) is 0 Å². The van der Waals surface area contributed by atoms with Gasteiger partial charge in [-0.1, -0.05) is 30.0 Å². The van der Waals surface area contributed by atoms with Crippen LogP contribution in [0.3, 0.4) is 0 Å². The van der Waals surface area contributed by atoms with Gasteiger partial charge in [-0.25, -0.2) is 9.67 Å². The van der Waals surface area contributed by atoms with Crippen LogP contribution >= 0.6 is 11.8 Å². The molecule has 6 nitrogen and oxygen atoms in total. The van der Waals surface area contributed by atoms with Crippen molar-refractivity contribution in [3.63, 3.8) is 0 Å². The first-order chi connectivity index (χ1) is 14.4. The molecule has 1 fully saturated rings. The van der Waals surface area contributed by atoms with E-state index in [2.05, 4.69) is 10.1 Å². The number of para-hydroxylation sites is 1. The lowest BCUT2D eigenvalue weighted by molar-refractivity contribution is -0.161. The van der Waals surface area contributed by atoms with Gasteiger partial charge in [0.15, 0.2) is 0 Å². The van der Waals surface area contributed by atoms with Crippen LogP contribution in [0.2, 0.25) is 0 Å². The minimum Gasteiger partial charge on any atom is -0.467 e. The number of furan rings is 1. The molecule has 1 saturated carbocycles. The maximum Gasteiger partial charge on any atom is 0.406 e. The second-order valence-electron chi connectivity index (χ2n) is 7.01. The Balaban J connectivity index is 1.46. The highest BCUT2D eigenvalue weighted by atomic mass is 32.2. The first-order valence-corrected chi connectivity index (χ1v) is 10.4. The molecule has 3 aromatic rings. The minimum atomic E-state index is -4.50. The summed E-state index contributed by atoms with van der Waals surface area (Å²) in [6.07, 6.45) is -1.09. The van der Waals surface area contributed by atoms with Gasteiger partial charge in [0.2, 0.25) is 11.1 Å². The highest BCUT2D eigenvalue weighted by Crippen LogP contribution is 2.40. The van der Waals surface area contributed by atoms with Gasteiger partial charge in [-0.2, -0.15) is 13.2 Å². The number of halogens is 3. The van der Waals surface area contributed by atoms with E-state index in [0.29, 0.717) is 16.8 Å². The summed E-state index contributed by atoms with van der Waals surface area (Å²) in [7, 11) is 0. The Kier molecular flexibility index (Phi) is 5.85. The monoisotopic (exact) mass is 436 g/mol. The number of benzene rings is 1. The minimum absolute atomic E-state index is 0.195. The van der Waals surface area contributed by atoms with Crippen LogP contribution in [0, 0.1) is 0 Å². The van der Waals surface area contributed by atoms with Gasteiger partial charge < -0.3 is 9.32 Å². The average Bonchev–Trinajstić information content (AvgIpc) is 3.26. The van der Waals surface area contributed by atoms with Crippen molar-refractivity contribution in [3.8, 4) is 5.69 Å². The number of hydrogen-bond donors (Lipinski definition) is 0. The number of aromatic nitrogens is 3. The summed E-state index contributed by atoms with van der Waals surface area (Å²) in [6.45, 7) is -1.59. The molecule has 1 aliphatic rings. The summed E-state index contributed by atoms with van der Waals surface area (Å²) < 4.78 is 45.7. The number of alkyl halides is 3. The molecule has 0 spiro atoms. The summed E-state index contributed by atoms with van der Waals surface area (Å²) in [5.41, 5.74) is 0.863. The van der Waals surface area contributed by atoms with E-state index in [-0.39, 0.29) is 12.3 Å². The third kappa shape index (κ3) is 5.24. The summed E-state index contributed by atoms with van der Waals surface area (Å²) >= 11 is 1.04. The number of carbonyl (C=O) groups excluding carboxylic acids is 1. The Hall–Kier alpha value is -2.75. The molecule has 0 aliphatic heterocycles. The van der Waals surface area contributed by atoms with Gasteiger partial charge in [-0.15, -0.1) is 5.10 Å². The lowest BCUT2D eigenvalue weighted by Gasteiger charge is -2.22. The van der Waals surface area contributed by atoms with Gasteiger partial charge >= 0.3 is 6.18 Å². The number of rotatable bonds is 8. The number of hydrogen-bond acceptors (Lipinski definition) is 5. The smallest absolute Gasteiger partial charge is 0.406 e. The molecule has 1 amide bonds. The van der Waals surface area contributed by atoms with Crippen LogP contribution in [0.5, 0.6) is 0 Å². The molecule has 0 bridgehead atoms. The van der Waals surface area contributed by atoms with Gasteiger partial charge in [0.05, 0.1) is 24.2 Å². The Bertz CT molecular complexity index is 985. The molecule has 1 aliphatic carbocycles. The second-order valence-corrected chi connectivity index (χ2v) is 7.95. The molecule has 10 heteroatoms. The maximum atomic E-state index is 12.9. The van der Waals surface area contributed by atoms with Crippen LogP contribution in [-0.4, -0.2) is 44.0 Å². The predicted octanol–water partition coefficient (Wildman–Crippen LogP) is 4.42. The largest absolute Gasteiger partial charge is 0.467 e. The maximum absolute atomic E-state index is 12.9. The van der Waals surface area contributed by atoms with Crippen LogP contribution in [0.15, 0.2) is 58.3 Å². The van der Waals surface area contributed by atoms with E-state index in [9.17, 15) is 18.0 Å². The molecule has 2 aromatic heterocycles. The molecule has 0 saturated heterocycles. The van der Waals surface area contributed by atoms with Crippen molar-refractivity contribution < 1.29 is 22.4 Å². The van der Waals surface area contributed by atoms with E-state index < -0.39 is 18.6 Å². The molecule has 0 N–H and O–H groups in total. The highest BCUT2D eigenvalue weighted by Gasteiger charge is 2.34. The molecule has 158 valence electrons. The van der Waals surface area contributed by atoms with E-state index in [1.54, 1.807) is 10.7 Å². The molecule has 2 heterocycles. The normalized spacial score (nSPS) is 14.1. The van der Waals surface area contributed by atoms with Crippen LogP contribution < -0.4 is 0 Å². The number of nitrogens with zero attached hydrogens (tertiary/aromatic N) is 4. The molecular weight excluding hydrogens is 417 g/mol. The van der Waals surface area contributed by atoms with Crippen molar-refractivity contribution in [3.05, 3.63) is 60.3 Å². The number of thioether (sulfide) groups is 1. The van der Waals surface area contributed by atoms with Crippen molar-refractivity contribution in [2.45, 2.75) is 36.6 Å². The van der Waals surface area contributed by atoms with E-state index in [1.807, 2.05) is 30.3 Å². The number of carbonyl (C=O) groups is 1. The number of amides is 1. The zero-order valence-electron chi connectivity index (χ0n) is 15.9. The Morgan fingerprint density at radius 2 is 1.97 bits per heavy atom. The standard InChI is InChI=1S/C20H19F3N4O2S/c21-20(22,23)13-26(11-16-7-4-10-29-16)17(28)12-30-19-24-18(14-8-9-14)27(25-19)15-5-2-1-3-6-15/h1-7,10,14H,8-9,11-13H2. The molecule has 0 unspecified atom stereocenters. The van der Waals surface area contributed by atoms with Crippen molar-refractivity contribution in [2.75, 3.05) is 12.3 Å². The Morgan fingerprint density at radius 3 is 2.60 bits per heavy atom. The van der Waals surface area contributed by atoms with Gasteiger partial charge in [-0.3, -0.25) is 4.79 Å². The third-order valence-electron chi connectivity index (χ3n) is 4.53. The molecule has 0 radical (unpaired) electrons. The van der Waals surface area contributed by atoms with Crippen molar-refractivity contribution in [1.82, 2.24) is 19.7 Å². The van der Waals surface area contributed by atoms with E-state index in [0.717, 1.165) is 41.0 Å². The Morgan fingerprint density at radius 1 is 1.20 bits per heavy atom. The van der Waals surface area contributed by atoms with Crippen LogP contribution in [-0.2, 0) is 11.3 Å². The Labute approximate surface area is 175 Å². The average molecular weight is 436 g/mol. The lowest BCUT2D eigenvalue weighted by atomic mass is 10.3. The molecule has 0 atom stereocenters. The summed E-state index contributed by atoms with van der Waals surface area (Å²) in [5.74, 6) is 0.583. The van der Waals surface area contributed by atoms with Gasteiger partial charge in [-0.05, 0) is 37.1 Å². The van der Waals surface area contributed by atoms with E-state index in [4.69, 9.17) is 4.42 Å². The second kappa shape index (κ2) is 8.55. The van der Waals surface area contributed by atoms with Gasteiger partial charge in [0.25, 0.3) is 0 Å². The molecule has 1 aromatic carbocycles.